The summed E-state index contributed by atoms with van der Waals surface area (Å²) < 4.78 is 0. The molecule has 0 bridgehead atoms. The van der Waals surface area contributed by atoms with Crippen LogP contribution in [0.25, 0.3) is 10.7 Å². The SMILES string of the molecule is Cc1ccnc(-c2cccs2)n1. The molecule has 0 saturated carbocycles. The molecule has 0 N–H and O–H groups in total. The molecule has 0 fully saturated rings. The van der Waals surface area contributed by atoms with E-state index in [-0.39, 0.29) is 0 Å². The molecule has 2 aromatic heterocycles. The highest BCUT2D eigenvalue weighted by atomic mass is 32.1. The molecule has 0 aliphatic heterocycles. The lowest BCUT2D eigenvalue weighted by molar-refractivity contribution is 1.12. The Labute approximate surface area is 74.9 Å². The van der Waals surface area contributed by atoms with Crippen LogP contribution < -0.4 is 0 Å². The Kier molecular flexibility index (Phi) is 1.87. The Morgan fingerprint density at radius 1 is 1.33 bits per heavy atom. The lowest BCUT2D eigenvalue weighted by Crippen LogP contribution is -1.87. The molecule has 60 valence electrons. The fraction of sp³-hybridized carbons (Fsp3) is 0.111. The van der Waals surface area contributed by atoms with E-state index >= 15 is 0 Å². The lowest BCUT2D eigenvalue weighted by Gasteiger charge is -1.95. The number of hydrogen-bond donors (Lipinski definition) is 0. The van der Waals surface area contributed by atoms with Gasteiger partial charge in [-0.2, -0.15) is 0 Å². The third-order valence-corrected chi connectivity index (χ3v) is 2.40. The van der Waals surface area contributed by atoms with E-state index in [9.17, 15) is 0 Å². The highest BCUT2D eigenvalue weighted by molar-refractivity contribution is 7.13. The molecule has 0 spiro atoms. The smallest absolute Gasteiger partial charge is 0.169 e. The average Bonchev–Trinajstić information content (AvgIpc) is 2.56. The van der Waals surface area contributed by atoms with Gasteiger partial charge in [-0.3, -0.25) is 0 Å². The topological polar surface area (TPSA) is 25.8 Å². The van der Waals surface area contributed by atoms with Crippen LogP contribution in [0.15, 0.2) is 29.8 Å². The van der Waals surface area contributed by atoms with E-state index in [1.807, 2.05) is 30.5 Å². The number of hydrogen-bond acceptors (Lipinski definition) is 3. The zero-order valence-electron chi connectivity index (χ0n) is 6.69. The van der Waals surface area contributed by atoms with Crippen molar-refractivity contribution < 1.29 is 0 Å². The summed E-state index contributed by atoms with van der Waals surface area (Å²) in [6.07, 6.45) is 1.79. The minimum absolute atomic E-state index is 0.824. The fourth-order valence-electron chi connectivity index (χ4n) is 0.973. The van der Waals surface area contributed by atoms with Crippen LogP contribution in [0.3, 0.4) is 0 Å². The van der Waals surface area contributed by atoms with Gasteiger partial charge in [0.1, 0.15) is 0 Å². The fourth-order valence-corrected chi connectivity index (χ4v) is 1.64. The zero-order valence-corrected chi connectivity index (χ0v) is 7.51. The van der Waals surface area contributed by atoms with Crippen LogP contribution in [0, 0.1) is 6.92 Å². The molecule has 0 saturated heterocycles. The first-order valence-corrected chi connectivity index (χ1v) is 4.58. The Hall–Kier alpha value is -1.22. The van der Waals surface area contributed by atoms with Gasteiger partial charge in [0.25, 0.3) is 0 Å². The normalized spacial score (nSPS) is 10.1. The minimum Gasteiger partial charge on any atom is -0.236 e. The minimum atomic E-state index is 0.824. The van der Waals surface area contributed by atoms with Gasteiger partial charge >= 0.3 is 0 Å². The predicted octanol–water partition coefficient (Wildman–Crippen LogP) is 2.51. The number of aryl methyl sites for hydroxylation is 1. The van der Waals surface area contributed by atoms with Gasteiger partial charge in [-0.05, 0) is 24.4 Å². The van der Waals surface area contributed by atoms with Crippen LogP contribution in [0.4, 0.5) is 0 Å². The number of aromatic nitrogens is 2. The lowest BCUT2D eigenvalue weighted by atomic mass is 10.4. The van der Waals surface area contributed by atoms with Crippen molar-refractivity contribution in [1.29, 1.82) is 0 Å². The molecule has 2 aromatic rings. The highest BCUT2D eigenvalue weighted by Gasteiger charge is 2.00. The largest absolute Gasteiger partial charge is 0.236 e. The molecular weight excluding hydrogens is 168 g/mol. The van der Waals surface area contributed by atoms with E-state index in [1.54, 1.807) is 17.5 Å². The third-order valence-electron chi connectivity index (χ3n) is 1.54. The van der Waals surface area contributed by atoms with Gasteiger partial charge in [0.05, 0.1) is 4.88 Å². The summed E-state index contributed by atoms with van der Waals surface area (Å²) in [5, 5.41) is 2.03. The maximum Gasteiger partial charge on any atom is 0.169 e. The van der Waals surface area contributed by atoms with E-state index in [0.717, 1.165) is 16.4 Å². The molecular formula is C9H8N2S. The van der Waals surface area contributed by atoms with Crippen molar-refractivity contribution in [2.75, 3.05) is 0 Å². The summed E-state index contributed by atoms with van der Waals surface area (Å²) in [7, 11) is 0. The van der Waals surface area contributed by atoms with Gasteiger partial charge in [-0.25, -0.2) is 9.97 Å². The molecule has 0 aromatic carbocycles. The van der Waals surface area contributed by atoms with Crippen LogP contribution in [0.1, 0.15) is 5.69 Å². The molecule has 2 rings (SSSR count). The van der Waals surface area contributed by atoms with E-state index in [0.29, 0.717) is 0 Å². The quantitative estimate of drug-likeness (QED) is 0.667. The number of nitrogens with zero attached hydrogens (tertiary/aromatic N) is 2. The van der Waals surface area contributed by atoms with Gasteiger partial charge in [0.15, 0.2) is 5.82 Å². The van der Waals surface area contributed by atoms with Gasteiger partial charge in [0, 0.05) is 11.9 Å². The van der Waals surface area contributed by atoms with Crippen LogP contribution in [0.5, 0.6) is 0 Å². The second kappa shape index (κ2) is 3.03. The van der Waals surface area contributed by atoms with Crippen molar-refractivity contribution in [2.45, 2.75) is 6.92 Å². The Morgan fingerprint density at radius 3 is 2.92 bits per heavy atom. The van der Waals surface area contributed by atoms with Crippen LogP contribution in [0.2, 0.25) is 0 Å². The van der Waals surface area contributed by atoms with Gasteiger partial charge in [-0.15, -0.1) is 11.3 Å². The van der Waals surface area contributed by atoms with Crippen LogP contribution in [-0.2, 0) is 0 Å². The highest BCUT2D eigenvalue weighted by Crippen LogP contribution is 2.19. The molecule has 0 radical (unpaired) electrons. The molecule has 0 aliphatic carbocycles. The molecule has 0 aliphatic rings. The zero-order chi connectivity index (χ0) is 8.39. The summed E-state index contributed by atoms with van der Waals surface area (Å²) in [4.78, 5) is 9.62. The van der Waals surface area contributed by atoms with Crippen molar-refractivity contribution in [1.82, 2.24) is 9.97 Å². The Bertz CT molecular complexity index is 368. The first-order valence-electron chi connectivity index (χ1n) is 3.70. The van der Waals surface area contributed by atoms with Crippen molar-refractivity contribution >= 4 is 11.3 Å². The number of thiophene rings is 1. The van der Waals surface area contributed by atoms with Crippen molar-refractivity contribution in [3.8, 4) is 10.7 Å². The van der Waals surface area contributed by atoms with Gasteiger partial charge in [0.2, 0.25) is 0 Å². The summed E-state index contributed by atoms with van der Waals surface area (Å²) in [5.74, 6) is 0.824. The second-order valence-electron chi connectivity index (χ2n) is 2.50. The monoisotopic (exact) mass is 176 g/mol. The van der Waals surface area contributed by atoms with Crippen LogP contribution >= 0.6 is 11.3 Å². The molecule has 3 heteroatoms. The molecule has 0 atom stereocenters. The molecule has 0 amide bonds. The summed E-state index contributed by atoms with van der Waals surface area (Å²) in [6, 6.07) is 5.93. The second-order valence-corrected chi connectivity index (χ2v) is 3.45. The van der Waals surface area contributed by atoms with Crippen LogP contribution in [-0.4, -0.2) is 9.97 Å². The van der Waals surface area contributed by atoms with Crippen molar-refractivity contribution in [2.24, 2.45) is 0 Å². The first-order chi connectivity index (χ1) is 5.86. The predicted molar refractivity (Wildman–Crippen MR) is 50.1 cm³/mol. The van der Waals surface area contributed by atoms with E-state index in [2.05, 4.69) is 9.97 Å². The van der Waals surface area contributed by atoms with Gasteiger partial charge in [-0.1, -0.05) is 6.07 Å². The maximum absolute atomic E-state index is 4.31. The van der Waals surface area contributed by atoms with E-state index in [1.165, 1.54) is 0 Å². The van der Waals surface area contributed by atoms with E-state index in [4.69, 9.17) is 0 Å². The standard InChI is InChI=1S/C9H8N2S/c1-7-4-5-10-9(11-7)8-3-2-6-12-8/h2-6H,1H3. The molecule has 12 heavy (non-hydrogen) atoms. The number of rotatable bonds is 1. The molecule has 2 nitrogen and oxygen atoms in total. The van der Waals surface area contributed by atoms with E-state index < -0.39 is 0 Å². The van der Waals surface area contributed by atoms with Crippen molar-refractivity contribution in [3.05, 3.63) is 35.5 Å². The maximum atomic E-state index is 4.31. The Morgan fingerprint density at radius 2 is 2.25 bits per heavy atom. The average molecular weight is 176 g/mol. The summed E-state index contributed by atoms with van der Waals surface area (Å²) in [5.41, 5.74) is 1.01. The molecule has 0 unspecified atom stereocenters. The summed E-state index contributed by atoms with van der Waals surface area (Å²) in [6.45, 7) is 1.97. The summed E-state index contributed by atoms with van der Waals surface area (Å²) >= 11 is 1.66. The first kappa shape index (κ1) is 7.43. The van der Waals surface area contributed by atoms with Gasteiger partial charge < -0.3 is 0 Å². The third kappa shape index (κ3) is 1.36. The Balaban J connectivity index is 2.48. The van der Waals surface area contributed by atoms with Crippen molar-refractivity contribution in [3.63, 3.8) is 0 Å². The molecule has 2 heterocycles.